The summed E-state index contributed by atoms with van der Waals surface area (Å²) in [4.78, 5) is 12.4. The Kier molecular flexibility index (Phi) is 3.63. The summed E-state index contributed by atoms with van der Waals surface area (Å²) in [6.07, 6.45) is 0.734. The zero-order valence-corrected chi connectivity index (χ0v) is 10.5. The molecule has 2 aromatic carbocycles. The van der Waals surface area contributed by atoms with Gasteiger partial charge in [0.1, 0.15) is 12.1 Å². The van der Waals surface area contributed by atoms with E-state index in [-0.39, 0.29) is 5.82 Å². The van der Waals surface area contributed by atoms with Crippen molar-refractivity contribution < 1.29 is 9.18 Å². The third kappa shape index (κ3) is 2.51. The molecule has 0 spiro atoms. The van der Waals surface area contributed by atoms with Gasteiger partial charge in [0.25, 0.3) is 0 Å². The first kappa shape index (κ1) is 12.6. The molecule has 0 saturated carbocycles. The molecule has 2 aromatic rings. The van der Waals surface area contributed by atoms with Crippen LogP contribution < -0.4 is 4.90 Å². The van der Waals surface area contributed by atoms with Crippen LogP contribution >= 0.6 is 11.6 Å². The SMILES string of the molecule is CN(c1cccc(F)c1)c1ccc(C=O)cc1Cl. The Hall–Kier alpha value is -1.87. The van der Waals surface area contributed by atoms with Crippen LogP contribution in [0.2, 0.25) is 5.02 Å². The first-order valence-electron chi connectivity index (χ1n) is 5.36. The molecule has 92 valence electrons. The van der Waals surface area contributed by atoms with Crippen molar-refractivity contribution in [2.45, 2.75) is 0 Å². The van der Waals surface area contributed by atoms with E-state index in [1.165, 1.54) is 12.1 Å². The van der Waals surface area contributed by atoms with Crippen LogP contribution in [-0.2, 0) is 0 Å². The molecule has 0 fully saturated rings. The molecule has 0 aromatic heterocycles. The number of hydrogen-bond acceptors (Lipinski definition) is 2. The summed E-state index contributed by atoms with van der Waals surface area (Å²) in [6, 6.07) is 11.2. The normalized spacial score (nSPS) is 10.2. The first-order valence-corrected chi connectivity index (χ1v) is 5.73. The van der Waals surface area contributed by atoms with Crippen LogP contribution in [0.15, 0.2) is 42.5 Å². The Morgan fingerprint density at radius 3 is 2.61 bits per heavy atom. The maximum atomic E-state index is 13.2. The second-order valence-electron chi connectivity index (χ2n) is 3.87. The summed E-state index contributed by atoms with van der Waals surface area (Å²) < 4.78 is 13.2. The molecule has 2 rings (SSSR count). The van der Waals surface area contributed by atoms with Gasteiger partial charge in [0.05, 0.1) is 10.7 Å². The van der Waals surface area contributed by atoms with Crippen LogP contribution in [0.1, 0.15) is 10.4 Å². The standard InChI is InChI=1S/C14H11ClFNO/c1-17(12-4-2-3-11(16)8-12)14-6-5-10(9-18)7-13(14)15/h2-9H,1H3. The quantitative estimate of drug-likeness (QED) is 0.779. The van der Waals surface area contributed by atoms with Crippen molar-refractivity contribution in [2.75, 3.05) is 11.9 Å². The molecule has 0 heterocycles. The lowest BCUT2D eigenvalue weighted by Crippen LogP contribution is -2.10. The van der Waals surface area contributed by atoms with Crippen molar-refractivity contribution in [3.8, 4) is 0 Å². The highest BCUT2D eigenvalue weighted by molar-refractivity contribution is 6.33. The van der Waals surface area contributed by atoms with E-state index in [4.69, 9.17) is 11.6 Å². The molecule has 0 saturated heterocycles. The van der Waals surface area contributed by atoms with Crippen LogP contribution in [-0.4, -0.2) is 13.3 Å². The zero-order chi connectivity index (χ0) is 13.1. The van der Waals surface area contributed by atoms with Gasteiger partial charge in [-0.25, -0.2) is 4.39 Å². The van der Waals surface area contributed by atoms with Crippen molar-refractivity contribution in [2.24, 2.45) is 0 Å². The van der Waals surface area contributed by atoms with Crippen LogP contribution in [0.3, 0.4) is 0 Å². The van der Waals surface area contributed by atoms with Crippen molar-refractivity contribution in [3.63, 3.8) is 0 Å². The average Bonchev–Trinajstić information content (AvgIpc) is 2.37. The summed E-state index contributed by atoms with van der Waals surface area (Å²) in [7, 11) is 1.79. The number of halogens is 2. The van der Waals surface area contributed by atoms with Gasteiger partial charge in [-0.1, -0.05) is 17.7 Å². The van der Waals surface area contributed by atoms with Gasteiger partial charge >= 0.3 is 0 Å². The minimum Gasteiger partial charge on any atom is -0.343 e. The molecular formula is C14H11ClFNO. The maximum absolute atomic E-state index is 13.2. The van der Waals surface area contributed by atoms with Gasteiger partial charge < -0.3 is 4.90 Å². The topological polar surface area (TPSA) is 20.3 Å². The van der Waals surface area contributed by atoms with E-state index < -0.39 is 0 Å². The Labute approximate surface area is 110 Å². The van der Waals surface area contributed by atoms with Gasteiger partial charge in [-0.05, 0) is 36.4 Å². The Morgan fingerprint density at radius 1 is 1.22 bits per heavy atom. The van der Waals surface area contributed by atoms with Crippen molar-refractivity contribution in [1.82, 2.24) is 0 Å². The van der Waals surface area contributed by atoms with E-state index in [1.807, 2.05) is 0 Å². The number of hydrogen-bond donors (Lipinski definition) is 0. The predicted octanol–water partition coefficient (Wildman–Crippen LogP) is 4.06. The first-order chi connectivity index (χ1) is 8.61. The molecule has 2 nitrogen and oxygen atoms in total. The third-order valence-electron chi connectivity index (χ3n) is 2.66. The summed E-state index contributed by atoms with van der Waals surface area (Å²) in [5.41, 5.74) is 1.92. The lowest BCUT2D eigenvalue weighted by atomic mass is 10.2. The highest BCUT2D eigenvalue weighted by Gasteiger charge is 2.09. The molecule has 0 radical (unpaired) electrons. The molecule has 0 aliphatic carbocycles. The van der Waals surface area contributed by atoms with Gasteiger partial charge in [-0.15, -0.1) is 0 Å². The van der Waals surface area contributed by atoms with E-state index in [0.29, 0.717) is 22.0 Å². The molecule has 0 aliphatic heterocycles. The minimum absolute atomic E-state index is 0.306. The number of anilines is 2. The summed E-state index contributed by atoms with van der Waals surface area (Å²) in [5, 5.41) is 0.450. The molecule has 0 bridgehead atoms. The van der Waals surface area contributed by atoms with E-state index in [2.05, 4.69) is 0 Å². The van der Waals surface area contributed by atoms with E-state index in [9.17, 15) is 9.18 Å². The number of aldehydes is 1. The fourth-order valence-corrected chi connectivity index (χ4v) is 2.01. The van der Waals surface area contributed by atoms with E-state index >= 15 is 0 Å². The highest BCUT2D eigenvalue weighted by Crippen LogP contribution is 2.31. The van der Waals surface area contributed by atoms with Gasteiger partial charge in [0.2, 0.25) is 0 Å². The predicted molar refractivity (Wildman–Crippen MR) is 71.3 cm³/mol. The van der Waals surface area contributed by atoms with Crippen molar-refractivity contribution >= 4 is 29.3 Å². The van der Waals surface area contributed by atoms with E-state index in [0.717, 1.165) is 6.29 Å². The Morgan fingerprint density at radius 2 is 2.00 bits per heavy atom. The van der Waals surface area contributed by atoms with Crippen molar-refractivity contribution in [3.05, 3.63) is 58.9 Å². The summed E-state index contributed by atoms with van der Waals surface area (Å²) in [6.45, 7) is 0. The summed E-state index contributed by atoms with van der Waals surface area (Å²) >= 11 is 6.10. The van der Waals surface area contributed by atoms with Gasteiger partial charge in [0.15, 0.2) is 0 Å². The molecule has 0 N–H and O–H groups in total. The fraction of sp³-hybridized carbons (Fsp3) is 0.0714. The number of carbonyl (C=O) groups is 1. The monoisotopic (exact) mass is 263 g/mol. The van der Waals surface area contributed by atoms with Gasteiger partial charge in [0, 0.05) is 18.3 Å². The van der Waals surface area contributed by atoms with Crippen LogP contribution in [0.4, 0.5) is 15.8 Å². The molecule has 4 heteroatoms. The minimum atomic E-state index is -0.306. The number of benzene rings is 2. The zero-order valence-electron chi connectivity index (χ0n) is 9.73. The Balaban J connectivity index is 2.39. The second-order valence-corrected chi connectivity index (χ2v) is 4.27. The van der Waals surface area contributed by atoms with Gasteiger partial charge in [-0.2, -0.15) is 0 Å². The lowest BCUT2D eigenvalue weighted by Gasteiger charge is -2.21. The molecule has 0 unspecified atom stereocenters. The van der Waals surface area contributed by atoms with Crippen LogP contribution in [0, 0.1) is 5.82 Å². The smallest absolute Gasteiger partial charge is 0.150 e. The average molecular weight is 264 g/mol. The maximum Gasteiger partial charge on any atom is 0.150 e. The fourth-order valence-electron chi connectivity index (χ4n) is 1.69. The highest BCUT2D eigenvalue weighted by atomic mass is 35.5. The van der Waals surface area contributed by atoms with E-state index in [1.54, 1.807) is 42.3 Å². The Bertz CT molecular complexity index is 586. The van der Waals surface area contributed by atoms with Gasteiger partial charge in [-0.3, -0.25) is 4.79 Å². The lowest BCUT2D eigenvalue weighted by molar-refractivity contribution is 0.112. The number of nitrogens with zero attached hydrogens (tertiary/aromatic N) is 1. The van der Waals surface area contributed by atoms with Crippen LogP contribution in [0.25, 0.3) is 0 Å². The largest absolute Gasteiger partial charge is 0.343 e. The van der Waals surface area contributed by atoms with Crippen molar-refractivity contribution in [1.29, 1.82) is 0 Å². The molecule has 0 amide bonds. The molecule has 0 atom stereocenters. The number of carbonyl (C=O) groups excluding carboxylic acids is 1. The number of rotatable bonds is 3. The molecular weight excluding hydrogens is 253 g/mol. The molecule has 0 aliphatic rings. The second kappa shape index (κ2) is 5.19. The summed E-state index contributed by atoms with van der Waals surface area (Å²) in [5.74, 6) is -0.306. The third-order valence-corrected chi connectivity index (χ3v) is 2.97. The van der Waals surface area contributed by atoms with Crippen LogP contribution in [0.5, 0.6) is 0 Å². The molecule has 18 heavy (non-hydrogen) atoms.